The zero-order chi connectivity index (χ0) is 14.9. The van der Waals surface area contributed by atoms with Crippen LogP contribution in [0.1, 0.15) is 64.7 Å². The minimum Gasteiger partial charge on any atom is -0.370 e. The summed E-state index contributed by atoms with van der Waals surface area (Å²) in [6, 6.07) is 0.555. The van der Waals surface area contributed by atoms with Crippen molar-refractivity contribution in [1.82, 2.24) is 10.2 Å². The van der Waals surface area contributed by atoms with Crippen LogP contribution in [0.5, 0.6) is 0 Å². The predicted molar refractivity (Wildman–Crippen MR) is 106 cm³/mol. The SMILES string of the molecule is CC1CCCN(CCCN=C(N)NC2CCCCCC2)C1.I. The molecule has 1 saturated carbocycles. The largest absolute Gasteiger partial charge is 0.370 e. The van der Waals surface area contributed by atoms with Gasteiger partial charge in [0.1, 0.15) is 0 Å². The van der Waals surface area contributed by atoms with Crippen LogP contribution >= 0.6 is 24.0 Å². The van der Waals surface area contributed by atoms with E-state index >= 15 is 0 Å². The summed E-state index contributed by atoms with van der Waals surface area (Å²) >= 11 is 0. The third kappa shape index (κ3) is 7.99. The highest BCUT2D eigenvalue weighted by molar-refractivity contribution is 14.0. The molecule has 1 saturated heterocycles. The number of rotatable bonds is 5. The Kier molecular flexibility index (Phi) is 10.4. The molecule has 0 amide bonds. The average molecular weight is 422 g/mol. The van der Waals surface area contributed by atoms with Crippen LogP contribution in [0.4, 0.5) is 0 Å². The minimum absolute atomic E-state index is 0. The Bertz CT molecular complexity index is 314. The predicted octanol–water partition coefficient (Wildman–Crippen LogP) is 3.35. The van der Waals surface area contributed by atoms with Crippen LogP contribution in [0, 0.1) is 5.92 Å². The number of hydrogen-bond donors (Lipinski definition) is 2. The van der Waals surface area contributed by atoms with E-state index in [2.05, 4.69) is 22.1 Å². The molecule has 0 aromatic heterocycles. The normalized spacial score (nSPS) is 25.3. The maximum absolute atomic E-state index is 6.02. The first-order valence-electron chi connectivity index (χ1n) is 9.03. The van der Waals surface area contributed by atoms with Gasteiger partial charge in [-0.3, -0.25) is 4.99 Å². The highest BCUT2D eigenvalue weighted by atomic mass is 127. The molecule has 1 aliphatic heterocycles. The highest BCUT2D eigenvalue weighted by Gasteiger charge is 2.15. The molecule has 2 aliphatic rings. The van der Waals surface area contributed by atoms with Gasteiger partial charge in [0, 0.05) is 19.1 Å². The van der Waals surface area contributed by atoms with Gasteiger partial charge in [-0.15, -0.1) is 24.0 Å². The summed E-state index contributed by atoms with van der Waals surface area (Å²) < 4.78 is 0. The van der Waals surface area contributed by atoms with E-state index in [0.29, 0.717) is 12.0 Å². The van der Waals surface area contributed by atoms with Crippen molar-refractivity contribution in [3.8, 4) is 0 Å². The average Bonchev–Trinajstić information content (AvgIpc) is 2.72. The van der Waals surface area contributed by atoms with E-state index < -0.39 is 0 Å². The Morgan fingerprint density at radius 2 is 1.86 bits per heavy atom. The molecule has 5 heteroatoms. The number of halogens is 1. The smallest absolute Gasteiger partial charge is 0.188 e. The lowest BCUT2D eigenvalue weighted by Gasteiger charge is -2.30. The topological polar surface area (TPSA) is 53.6 Å². The van der Waals surface area contributed by atoms with Crippen molar-refractivity contribution in [3.05, 3.63) is 0 Å². The summed E-state index contributed by atoms with van der Waals surface area (Å²) in [6.07, 6.45) is 11.8. The van der Waals surface area contributed by atoms with Crippen LogP contribution in [0.2, 0.25) is 0 Å². The Labute approximate surface area is 153 Å². The molecule has 1 atom stereocenters. The summed E-state index contributed by atoms with van der Waals surface area (Å²) in [4.78, 5) is 7.09. The van der Waals surface area contributed by atoms with Crippen molar-refractivity contribution >= 4 is 29.9 Å². The molecule has 1 aliphatic carbocycles. The van der Waals surface area contributed by atoms with E-state index in [0.717, 1.165) is 18.9 Å². The summed E-state index contributed by atoms with van der Waals surface area (Å²) in [5.41, 5.74) is 6.02. The molecule has 0 aromatic rings. The molecule has 130 valence electrons. The lowest BCUT2D eigenvalue weighted by Crippen LogP contribution is -2.40. The van der Waals surface area contributed by atoms with Crippen molar-refractivity contribution in [1.29, 1.82) is 0 Å². The van der Waals surface area contributed by atoms with Gasteiger partial charge >= 0.3 is 0 Å². The lowest BCUT2D eigenvalue weighted by atomic mass is 10.0. The van der Waals surface area contributed by atoms with Crippen LogP contribution in [-0.4, -0.2) is 43.1 Å². The summed E-state index contributed by atoms with van der Waals surface area (Å²) in [6.45, 7) is 6.92. The number of guanidine groups is 1. The number of nitrogens with two attached hydrogens (primary N) is 1. The highest BCUT2D eigenvalue weighted by Crippen LogP contribution is 2.17. The van der Waals surface area contributed by atoms with Gasteiger partial charge in [-0.25, -0.2) is 0 Å². The minimum atomic E-state index is 0. The Balaban J connectivity index is 0.00000242. The van der Waals surface area contributed by atoms with E-state index in [1.165, 1.54) is 71.0 Å². The molecule has 2 fully saturated rings. The van der Waals surface area contributed by atoms with E-state index in [1.54, 1.807) is 0 Å². The molecule has 2 rings (SSSR count). The van der Waals surface area contributed by atoms with Crippen molar-refractivity contribution in [3.63, 3.8) is 0 Å². The van der Waals surface area contributed by atoms with Gasteiger partial charge in [0.2, 0.25) is 0 Å². The molecule has 0 aromatic carbocycles. The Hall–Kier alpha value is -0.0400. The first-order chi connectivity index (χ1) is 10.2. The first kappa shape index (κ1) is 20.0. The molecular formula is C17H35IN4. The number of piperidine rings is 1. The molecule has 0 radical (unpaired) electrons. The van der Waals surface area contributed by atoms with Gasteiger partial charge in [-0.1, -0.05) is 32.6 Å². The van der Waals surface area contributed by atoms with Gasteiger partial charge in [0.05, 0.1) is 0 Å². The molecule has 3 N–H and O–H groups in total. The first-order valence-corrected chi connectivity index (χ1v) is 9.03. The third-order valence-corrected chi connectivity index (χ3v) is 4.86. The fourth-order valence-electron chi connectivity index (χ4n) is 3.66. The molecular weight excluding hydrogens is 387 g/mol. The number of nitrogens with one attached hydrogen (secondary N) is 1. The second-order valence-electron chi connectivity index (χ2n) is 7.00. The monoisotopic (exact) mass is 422 g/mol. The maximum Gasteiger partial charge on any atom is 0.188 e. The number of nitrogens with zero attached hydrogens (tertiary/aromatic N) is 2. The van der Waals surface area contributed by atoms with Crippen molar-refractivity contribution in [2.24, 2.45) is 16.6 Å². The zero-order valence-corrected chi connectivity index (χ0v) is 16.6. The van der Waals surface area contributed by atoms with E-state index in [4.69, 9.17) is 5.73 Å². The summed E-state index contributed by atoms with van der Waals surface area (Å²) in [5, 5.41) is 3.42. The quantitative estimate of drug-likeness (QED) is 0.235. The van der Waals surface area contributed by atoms with Gasteiger partial charge in [-0.05, 0) is 51.1 Å². The maximum atomic E-state index is 6.02. The fourth-order valence-corrected chi connectivity index (χ4v) is 3.66. The van der Waals surface area contributed by atoms with Crippen LogP contribution in [-0.2, 0) is 0 Å². The number of hydrogen-bond acceptors (Lipinski definition) is 2. The summed E-state index contributed by atoms with van der Waals surface area (Å²) in [5.74, 6) is 1.53. The Morgan fingerprint density at radius 1 is 1.14 bits per heavy atom. The van der Waals surface area contributed by atoms with Crippen molar-refractivity contribution in [2.75, 3.05) is 26.2 Å². The summed E-state index contributed by atoms with van der Waals surface area (Å²) in [7, 11) is 0. The van der Waals surface area contributed by atoms with Gasteiger partial charge in [0.15, 0.2) is 5.96 Å². The van der Waals surface area contributed by atoms with Gasteiger partial charge in [0.25, 0.3) is 0 Å². The standard InChI is InChI=1S/C17H34N4.HI/c1-15-8-6-12-21(14-15)13-7-11-19-17(18)20-16-9-4-2-3-5-10-16;/h15-16H,2-14H2,1H3,(H3,18,19,20);1H. The third-order valence-electron chi connectivity index (χ3n) is 4.86. The van der Waals surface area contributed by atoms with Gasteiger partial charge in [-0.2, -0.15) is 0 Å². The van der Waals surface area contributed by atoms with Crippen LogP contribution in [0.25, 0.3) is 0 Å². The van der Waals surface area contributed by atoms with E-state index in [1.807, 2.05) is 0 Å². The molecule has 4 nitrogen and oxygen atoms in total. The van der Waals surface area contributed by atoms with Crippen LogP contribution < -0.4 is 11.1 Å². The fraction of sp³-hybridized carbons (Fsp3) is 0.941. The number of likely N-dealkylation sites (tertiary alicyclic amines) is 1. The Morgan fingerprint density at radius 3 is 2.55 bits per heavy atom. The van der Waals surface area contributed by atoms with Crippen molar-refractivity contribution < 1.29 is 0 Å². The lowest BCUT2D eigenvalue weighted by molar-refractivity contribution is 0.183. The zero-order valence-electron chi connectivity index (χ0n) is 14.2. The van der Waals surface area contributed by atoms with Crippen LogP contribution in [0.3, 0.4) is 0 Å². The van der Waals surface area contributed by atoms with E-state index in [-0.39, 0.29) is 24.0 Å². The number of aliphatic imine (C=N–C) groups is 1. The second kappa shape index (κ2) is 11.5. The van der Waals surface area contributed by atoms with Gasteiger partial charge < -0.3 is 16.0 Å². The van der Waals surface area contributed by atoms with E-state index in [9.17, 15) is 0 Å². The molecule has 22 heavy (non-hydrogen) atoms. The molecule has 1 heterocycles. The second-order valence-corrected chi connectivity index (χ2v) is 7.00. The van der Waals surface area contributed by atoms with Crippen LogP contribution in [0.15, 0.2) is 4.99 Å². The molecule has 1 unspecified atom stereocenters. The van der Waals surface area contributed by atoms with Crippen molar-refractivity contribution in [2.45, 2.75) is 70.8 Å². The molecule has 0 spiro atoms. The molecule has 0 bridgehead atoms.